The zero-order valence-corrected chi connectivity index (χ0v) is 9.23. The van der Waals surface area contributed by atoms with Gasteiger partial charge in [-0.15, -0.1) is 0 Å². The minimum atomic E-state index is -0.722. The molecule has 3 nitrogen and oxygen atoms in total. The second-order valence-electron chi connectivity index (χ2n) is 4.46. The van der Waals surface area contributed by atoms with Gasteiger partial charge in [-0.1, -0.05) is 24.3 Å². The van der Waals surface area contributed by atoms with Crippen LogP contribution in [-0.2, 0) is 11.2 Å². The van der Waals surface area contributed by atoms with Crippen LogP contribution in [0.2, 0.25) is 0 Å². The van der Waals surface area contributed by atoms with E-state index >= 15 is 0 Å². The predicted octanol–water partition coefficient (Wildman–Crippen LogP) is 1.91. The highest BCUT2D eigenvalue weighted by molar-refractivity contribution is 5.66. The van der Waals surface area contributed by atoms with E-state index in [4.69, 9.17) is 10.8 Å². The Morgan fingerprint density at radius 3 is 2.94 bits per heavy atom. The largest absolute Gasteiger partial charge is 0.481 e. The molecule has 3 heteroatoms. The second kappa shape index (κ2) is 4.66. The van der Waals surface area contributed by atoms with E-state index in [0.29, 0.717) is 12.3 Å². The molecule has 0 spiro atoms. The summed E-state index contributed by atoms with van der Waals surface area (Å²) >= 11 is 0. The van der Waals surface area contributed by atoms with Gasteiger partial charge < -0.3 is 10.8 Å². The van der Waals surface area contributed by atoms with Gasteiger partial charge in [-0.25, -0.2) is 0 Å². The lowest BCUT2D eigenvalue weighted by Crippen LogP contribution is -2.25. The quantitative estimate of drug-likeness (QED) is 0.813. The molecule has 1 aromatic rings. The molecular formula is C13H17NO2. The van der Waals surface area contributed by atoms with Crippen molar-refractivity contribution in [2.24, 2.45) is 5.73 Å². The summed E-state index contributed by atoms with van der Waals surface area (Å²) in [4.78, 5) is 10.5. The van der Waals surface area contributed by atoms with Crippen molar-refractivity contribution in [1.82, 2.24) is 0 Å². The van der Waals surface area contributed by atoms with Gasteiger partial charge >= 0.3 is 5.97 Å². The molecule has 0 aromatic heterocycles. The van der Waals surface area contributed by atoms with Crippen molar-refractivity contribution < 1.29 is 9.90 Å². The molecule has 16 heavy (non-hydrogen) atoms. The molecular weight excluding hydrogens is 202 g/mol. The molecule has 2 unspecified atom stereocenters. The summed E-state index contributed by atoms with van der Waals surface area (Å²) in [6, 6.07) is 8.46. The van der Waals surface area contributed by atoms with Crippen LogP contribution in [-0.4, -0.2) is 17.1 Å². The summed E-state index contributed by atoms with van der Waals surface area (Å²) in [6.45, 7) is 0. The van der Waals surface area contributed by atoms with Crippen molar-refractivity contribution in [3.05, 3.63) is 35.4 Å². The molecule has 0 saturated carbocycles. The fourth-order valence-corrected chi connectivity index (χ4v) is 2.55. The Bertz CT molecular complexity index is 389. The van der Waals surface area contributed by atoms with E-state index in [1.54, 1.807) is 0 Å². The second-order valence-corrected chi connectivity index (χ2v) is 4.46. The van der Waals surface area contributed by atoms with E-state index in [1.165, 1.54) is 11.1 Å². The summed E-state index contributed by atoms with van der Waals surface area (Å²) in [7, 11) is 0. The Kier molecular flexibility index (Phi) is 3.25. The SMILES string of the molecule is NC1Cc2ccccc2C1CCCC(=O)O. The van der Waals surface area contributed by atoms with Crippen LogP contribution in [0.15, 0.2) is 24.3 Å². The Balaban J connectivity index is 2.02. The fraction of sp³-hybridized carbons (Fsp3) is 0.462. The van der Waals surface area contributed by atoms with Gasteiger partial charge in [0.05, 0.1) is 0 Å². The maximum Gasteiger partial charge on any atom is 0.303 e. The smallest absolute Gasteiger partial charge is 0.303 e. The maximum atomic E-state index is 10.5. The molecule has 0 amide bonds. The summed E-state index contributed by atoms with van der Waals surface area (Å²) in [6.07, 6.45) is 2.76. The summed E-state index contributed by atoms with van der Waals surface area (Å²) in [5.41, 5.74) is 8.75. The van der Waals surface area contributed by atoms with Gasteiger partial charge in [-0.3, -0.25) is 4.79 Å². The third-order valence-electron chi connectivity index (χ3n) is 3.33. The number of carbonyl (C=O) groups is 1. The van der Waals surface area contributed by atoms with Crippen molar-refractivity contribution in [2.45, 2.75) is 37.6 Å². The van der Waals surface area contributed by atoms with Crippen LogP contribution in [0, 0.1) is 0 Å². The van der Waals surface area contributed by atoms with E-state index < -0.39 is 5.97 Å². The number of fused-ring (bicyclic) bond motifs is 1. The average molecular weight is 219 g/mol. The highest BCUT2D eigenvalue weighted by Gasteiger charge is 2.28. The number of aliphatic carboxylic acids is 1. The maximum absolute atomic E-state index is 10.5. The molecule has 1 aliphatic carbocycles. The van der Waals surface area contributed by atoms with Gasteiger partial charge in [0.25, 0.3) is 0 Å². The van der Waals surface area contributed by atoms with Gasteiger partial charge in [0.2, 0.25) is 0 Å². The van der Waals surface area contributed by atoms with Gasteiger partial charge in [-0.2, -0.15) is 0 Å². The minimum Gasteiger partial charge on any atom is -0.481 e. The van der Waals surface area contributed by atoms with Gasteiger partial charge in [0.15, 0.2) is 0 Å². The topological polar surface area (TPSA) is 63.3 Å². The van der Waals surface area contributed by atoms with Crippen molar-refractivity contribution in [3.63, 3.8) is 0 Å². The van der Waals surface area contributed by atoms with E-state index in [-0.39, 0.29) is 12.5 Å². The van der Waals surface area contributed by atoms with Gasteiger partial charge in [0, 0.05) is 12.5 Å². The Hall–Kier alpha value is -1.35. The Morgan fingerprint density at radius 1 is 1.44 bits per heavy atom. The molecule has 2 atom stereocenters. The van der Waals surface area contributed by atoms with Crippen LogP contribution in [0.3, 0.4) is 0 Å². The van der Waals surface area contributed by atoms with Gasteiger partial charge in [-0.05, 0) is 36.3 Å². The van der Waals surface area contributed by atoms with Crippen LogP contribution in [0.25, 0.3) is 0 Å². The average Bonchev–Trinajstić information content (AvgIpc) is 2.55. The van der Waals surface area contributed by atoms with Crippen LogP contribution >= 0.6 is 0 Å². The van der Waals surface area contributed by atoms with Crippen LogP contribution in [0.1, 0.15) is 36.3 Å². The Labute approximate surface area is 95.3 Å². The molecule has 1 aromatic carbocycles. The molecule has 1 aliphatic rings. The number of rotatable bonds is 4. The van der Waals surface area contributed by atoms with Crippen LogP contribution in [0.5, 0.6) is 0 Å². The Morgan fingerprint density at radius 2 is 2.19 bits per heavy atom. The first-order valence-electron chi connectivity index (χ1n) is 5.73. The molecule has 0 bridgehead atoms. The summed E-state index contributed by atoms with van der Waals surface area (Å²) in [5.74, 6) is -0.379. The standard InChI is InChI=1S/C13H17NO2/c14-12-8-9-4-1-2-5-10(9)11(12)6-3-7-13(15)16/h1-2,4-5,11-12H,3,6-8,14H2,(H,15,16). The van der Waals surface area contributed by atoms with E-state index in [0.717, 1.165) is 12.8 Å². The van der Waals surface area contributed by atoms with Crippen molar-refractivity contribution in [2.75, 3.05) is 0 Å². The zero-order valence-electron chi connectivity index (χ0n) is 9.23. The van der Waals surface area contributed by atoms with Crippen LogP contribution < -0.4 is 5.73 Å². The highest BCUT2D eigenvalue weighted by Crippen LogP contribution is 2.35. The number of hydrogen-bond donors (Lipinski definition) is 2. The predicted molar refractivity (Wildman–Crippen MR) is 62.3 cm³/mol. The molecule has 2 rings (SSSR count). The zero-order chi connectivity index (χ0) is 11.5. The van der Waals surface area contributed by atoms with E-state index in [9.17, 15) is 4.79 Å². The van der Waals surface area contributed by atoms with Crippen molar-refractivity contribution in [1.29, 1.82) is 0 Å². The first kappa shape index (κ1) is 11.1. The first-order valence-corrected chi connectivity index (χ1v) is 5.73. The molecule has 86 valence electrons. The van der Waals surface area contributed by atoms with E-state index in [2.05, 4.69) is 12.1 Å². The molecule has 3 N–H and O–H groups in total. The number of nitrogens with two attached hydrogens (primary N) is 1. The van der Waals surface area contributed by atoms with E-state index in [1.807, 2.05) is 12.1 Å². The molecule has 0 fully saturated rings. The molecule has 0 heterocycles. The number of carboxylic acids is 1. The lowest BCUT2D eigenvalue weighted by molar-refractivity contribution is -0.137. The highest BCUT2D eigenvalue weighted by atomic mass is 16.4. The third kappa shape index (κ3) is 2.25. The number of carboxylic acid groups (broad SMARTS) is 1. The molecule has 0 aliphatic heterocycles. The first-order chi connectivity index (χ1) is 7.68. The summed E-state index contributed by atoms with van der Waals surface area (Å²) < 4.78 is 0. The minimum absolute atomic E-state index is 0.159. The lowest BCUT2D eigenvalue weighted by atomic mass is 9.93. The van der Waals surface area contributed by atoms with Gasteiger partial charge in [0.1, 0.15) is 0 Å². The van der Waals surface area contributed by atoms with Crippen LogP contribution in [0.4, 0.5) is 0 Å². The number of hydrogen-bond acceptors (Lipinski definition) is 2. The third-order valence-corrected chi connectivity index (χ3v) is 3.33. The lowest BCUT2D eigenvalue weighted by Gasteiger charge is -2.15. The van der Waals surface area contributed by atoms with Crippen molar-refractivity contribution >= 4 is 5.97 Å². The monoisotopic (exact) mass is 219 g/mol. The number of benzene rings is 1. The normalized spacial score (nSPS) is 23.1. The van der Waals surface area contributed by atoms with Crippen molar-refractivity contribution in [3.8, 4) is 0 Å². The molecule has 0 radical (unpaired) electrons. The molecule has 0 saturated heterocycles. The summed E-state index contributed by atoms with van der Waals surface area (Å²) in [5, 5.41) is 8.62. The fourth-order valence-electron chi connectivity index (χ4n) is 2.55.